The van der Waals surface area contributed by atoms with E-state index in [0.29, 0.717) is 13.0 Å². The molecular weight excluding hydrogens is 280 g/mol. The molecule has 4 heteroatoms. The van der Waals surface area contributed by atoms with E-state index in [9.17, 15) is 4.79 Å². The van der Waals surface area contributed by atoms with Gasteiger partial charge in [0.15, 0.2) is 6.10 Å². The Morgan fingerprint density at radius 2 is 1.86 bits per heavy atom. The number of methoxy groups -OCH3 is 1. The first kappa shape index (κ1) is 14.6. The van der Waals surface area contributed by atoms with Crippen molar-refractivity contribution in [2.24, 2.45) is 0 Å². The molecule has 2 atom stereocenters. The lowest BCUT2D eigenvalue weighted by Gasteiger charge is -2.26. The van der Waals surface area contributed by atoms with E-state index in [1.807, 2.05) is 54.6 Å². The van der Waals surface area contributed by atoms with E-state index < -0.39 is 6.10 Å². The number of benzene rings is 2. The minimum atomic E-state index is -0.710. The number of esters is 1. The van der Waals surface area contributed by atoms with Crippen LogP contribution < -0.4 is 4.74 Å². The van der Waals surface area contributed by atoms with Gasteiger partial charge in [0.2, 0.25) is 0 Å². The van der Waals surface area contributed by atoms with Crippen molar-refractivity contribution >= 4 is 5.97 Å². The molecular formula is C18H18O4. The van der Waals surface area contributed by atoms with Crippen LogP contribution in [0, 0.1) is 0 Å². The van der Waals surface area contributed by atoms with Gasteiger partial charge in [0.05, 0.1) is 0 Å². The van der Waals surface area contributed by atoms with Gasteiger partial charge < -0.3 is 14.2 Å². The van der Waals surface area contributed by atoms with Gasteiger partial charge in [-0.1, -0.05) is 48.5 Å². The maximum Gasteiger partial charge on any atom is 0.340 e. The largest absolute Gasteiger partial charge is 0.489 e. The summed E-state index contributed by atoms with van der Waals surface area (Å²) in [5.74, 6) is 0.475. The summed E-state index contributed by atoms with van der Waals surface area (Å²) in [5, 5.41) is 0. The Kier molecular flexibility index (Phi) is 4.39. The Morgan fingerprint density at radius 1 is 1.14 bits per heavy atom. The molecule has 0 saturated carbocycles. The van der Waals surface area contributed by atoms with E-state index in [0.717, 1.165) is 16.9 Å². The van der Waals surface area contributed by atoms with Crippen molar-refractivity contribution in [2.45, 2.75) is 18.6 Å². The summed E-state index contributed by atoms with van der Waals surface area (Å²) < 4.78 is 16.5. The quantitative estimate of drug-likeness (QED) is 0.814. The second-order valence-corrected chi connectivity index (χ2v) is 5.21. The number of para-hydroxylation sites is 1. The second-order valence-electron chi connectivity index (χ2n) is 5.21. The molecule has 0 radical (unpaired) electrons. The number of rotatable bonds is 4. The van der Waals surface area contributed by atoms with E-state index in [-0.39, 0.29) is 12.1 Å². The van der Waals surface area contributed by atoms with Gasteiger partial charge in [0.25, 0.3) is 0 Å². The fraction of sp³-hybridized carbons (Fsp3) is 0.278. The summed E-state index contributed by atoms with van der Waals surface area (Å²) in [7, 11) is 1.51. The van der Waals surface area contributed by atoms with Gasteiger partial charge in [-0.15, -0.1) is 0 Å². The van der Waals surface area contributed by atoms with Crippen molar-refractivity contribution in [1.29, 1.82) is 0 Å². The zero-order chi connectivity index (χ0) is 15.4. The van der Waals surface area contributed by atoms with Crippen LogP contribution in [0.25, 0.3) is 0 Å². The van der Waals surface area contributed by atoms with Crippen molar-refractivity contribution in [2.75, 3.05) is 13.7 Å². The lowest BCUT2D eigenvalue weighted by molar-refractivity contribution is -0.163. The summed E-state index contributed by atoms with van der Waals surface area (Å²) in [6, 6.07) is 17.1. The first-order chi connectivity index (χ1) is 10.8. The van der Waals surface area contributed by atoms with E-state index >= 15 is 0 Å². The van der Waals surface area contributed by atoms with Crippen LogP contribution in [-0.2, 0) is 20.7 Å². The lowest BCUT2D eigenvalue weighted by atomic mass is 10.0. The molecule has 114 valence electrons. The standard InChI is InChI=1S/C18H18O4/c1-20-17(13-7-3-2-4-8-13)18(19)22-15-11-14-9-5-6-10-16(14)21-12-15/h2-10,15,17H,11-12H2,1H3. The summed E-state index contributed by atoms with van der Waals surface area (Å²) >= 11 is 0. The van der Waals surface area contributed by atoms with Crippen LogP contribution in [0.3, 0.4) is 0 Å². The van der Waals surface area contributed by atoms with Crippen molar-refractivity contribution in [1.82, 2.24) is 0 Å². The highest BCUT2D eigenvalue weighted by molar-refractivity contribution is 5.76. The third-order valence-electron chi connectivity index (χ3n) is 3.68. The number of hydrogen-bond donors (Lipinski definition) is 0. The number of ether oxygens (including phenoxy) is 3. The Bertz CT molecular complexity index is 639. The van der Waals surface area contributed by atoms with Crippen LogP contribution in [0.1, 0.15) is 17.2 Å². The van der Waals surface area contributed by atoms with Crippen LogP contribution in [0.5, 0.6) is 5.75 Å². The molecule has 3 rings (SSSR count). The van der Waals surface area contributed by atoms with Crippen LogP contribution >= 0.6 is 0 Å². The molecule has 0 saturated heterocycles. The summed E-state index contributed by atoms with van der Waals surface area (Å²) in [6.07, 6.45) is -0.338. The van der Waals surface area contributed by atoms with Crippen molar-refractivity contribution < 1.29 is 19.0 Å². The third-order valence-corrected chi connectivity index (χ3v) is 3.68. The molecule has 2 aromatic carbocycles. The van der Waals surface area contributed by atoms with Gasteiger partial charge >= 0.3 is 5.97 Å². The number of fused-ring (bicyclic) bond motifs is 1. The molecule has 0 spiro atoms. The first-order valence-corrected chi connectivity index (χ1v) is 7.27. The average Bonchev–Trinajstić information content (AvgIpc) is 2.56. The molecule has 22 heavy (non-hydrogen) atoms. The molecule has 0 fully saturated rings. The minimum Gasteiger partial charge on any atom is -0.489 e. The van der Waals surface area contributed by atoms with E-state index in [1.54, 1.807) is 0 Å². The lowest BCUT2D eigenvalue weighted by Crippen LogP contribution is -2.33. The number of hydrogen-bond acceptors (Lipinski definition) is 4. The molecule has 0 bridgehead atoms. The third kappa shape index (κ3) is 3.12. The summed E-state index contributed by atoms with van der Waals surface area (Å²) in [5.41, 5.74) is 1.84. The maximum atomic E-state index is 12.4. The minimum absolute atomic E-state index is 0.288. The SMILES string of the molecule is COC(C(=O)OC1COc2ccccc2C1)c1ccccc1. The molecule has 1 heterocycles. The fourth-order valence-electron chi connectivity index (χ4n) is 2.60. The van der Waals surface area contributed by atoms with Gasteiger partial charge in [0.1, 0.15) is 18.5 Å². The average molecular weight is 298 g/mol. The van der Waals surface area contributed by atoms with Gasteiger partial charge in [0, 0.05) is 13.5 Å². The second kappa shape index (κ2) is 6.62. The highest BCUT2D eigenvalue weighted by Gasteiger charge is 2.28. The van der Waals surface area contributed by atoms with Gasteiger partial charge in [-0.3, -0.25) is 0 Å². The van der Waals surface area contributed by atoms with Crippen molar-refractivity contribution in [3.63, 3.8) is 0 Å². The van der Waals surface area contributed by atoms with Crippen LogP contribution in [-0.4, -0.2) is 25.8 Å². The van der Waals surface area contributed by atoms with Crippen LogP contribution in [0.2, 0.25) is 0 Å². The summed E-state index contributed by atoms with van der Waals surface area (Å²) in [6.45, 7) is 0.369. The molecule has 0 N–H and O–H groups in total. The molecule has 0 aromatic heterocycles. The highest BCUT2D eigenvalue weighted by atomic mass is 16.6. The van der Waals surface area contributed by atoms with E-state index in [4.69, 9.17) is 14.2 Å². The molecule has 4 nitrogen and oxygen atoms in total. The topological polar surface area (TPSA) is 44.8 Å². The van der Waals surface area contributed by atoms with Gasteiger partial charge in [-0.05, 0) is 17.2 Å². The molecule has 2 aromatic rings. The Balaban J connectivity index is 1.67. The molecule has 0 aliphatic carbocycles. The van der Waals surface area contributed by atoms with Crippen molar-refractivity contribution in [3.05, 3.63) is 65.7 Å². The normalized spacial score (nSPS) is 18.0. The Morgan fingerprint density at radius 3 is 2.64 bits per heavy atom. The number of carbonyl (C=O) groups is 1. The molecule has 1 aliphatic rings. The molecule has 0 amide bonds. The predicted molar refractivity (Wildman–Crippen MR) is 81.7 cm³/mol. The zero-order valence-electron chi connectivity index (χ0n) is 12.4. The number of carbonyl (C=O) groups excluding carboxylic acids is 1. The van der Waals surface area contributed by atoms with E-state index in [1.165, 1.54) is 7.11 Å². The van der Waals surface area contributed by atoms with Crippen LogP contribution in [0.4, 0.5) is 0 Å². The van der Waals surface area contributed by atoms with Crippen LogP contribution in [0.15, 0.2) is 54.6 Å². The van der Waals surface area contributed by atoms with E-state index in [2.05, 4.69) is 0 Å². The maximum absolute atomic E-state index is 12.4. The van der Waals surface area contributed by atoms with Gasteiger partial charge in [-0.2, -0.15) is 0 Å². The van der Waals surface area contributed by atoms with Gasteiger partial charge in [-0.25, -0.2) is 4.79 Å². The monoisotopic (exact) mass is 298 g/mol. The first-order valence-electron chi connectivity index (χ1n) is 7.27. The smallest absolute Gasteiger partial charge is 0.340 e. The fourth-order valence-corrected chi connectivity index (χ4v) is 2.60. The Hall–Kier alpha value is -2.33. The predicted octanol–water partition coefficient (Wildman–Crippen LogP) is 2.92. The Labute approximate surface area is 129 Å². The van der Waals surface area contributed by atoms with Crippen molar-refractivity contribution in [3.8, 4) is 5.75 Å². The highest BCUT2D eigenvalue weighted by Crippen LogP contribution is 2.26. The molecule has 2 unspecified atom stereocenters. The summed E-state index contributed by atoms with van der Waals surface area (Å²) in [4.78, 5) is 12.4. The zero-order valence-corrected chi connectivity index (χ0v) is 12.4. The molecule has 1 aliphatic heterocycles.